The van der Waals surface area contributed by atoms with Crippen LogP contribution in [0.5, 0.6) is 0 Å². The molecule has 0 saturated carbocycles. The minimum absolute atomic E-state index is 0.775. The third-order valence-corrected chi connectivity index (χ3v) is 5.16. The van der Waals surface area contributed by atoms with Gasteiger partial charge in [-0.05, 0) is 35.9 Å². The van der Waals surface area contributed by atoms with Crippen LogP contribution in [0.15, 0.2) is 79.6 Å². The maximum Gasteiger partial charge on any atom is 0.135 e. The van der Waals surface area contributed by atoms with Gasteiger partial charge in [0.1, 0.15) is 17.5 Å². The van der Waals surface area contributed by atoms with Crippen LogP contribution in [0.25, 0.3) is 55.7 Å². The molecule has 0 aliphatic carbocycles. The molecule has 0 bridgehead atoms. The molecule has 1 aromatic carbocycles. The normalized spacial score (nSPS) is 11.3. The highest BCUT2D eigenvalue weighted by Gasteiger charge is 2.15. The quantitative estimate of drug-likeness (QED) is 0.460. The van der Waals surface area contributed by atoms with E-state index in [1.807, 2.05) is 30.5 Å². The number of aromatic amines is 2. The van der Waals surface area contributed by atoms with Gasteiger partial charge in [-0.25, -0.2) is 15.0 Å². The van der Waals surface area contributed by atoms with Gasteiger partial charge < -0.3 is 4.98 Å². The van der Waals surface area contributed by atoms with Crippen molar-refractivity contribution in [3.63, 3.8) is 0 Å². The van der Waals surface area contributed by atoms with Crippen LogP contribution in [-0.2, 0) is 0 Å². The molecule has 0 amide bonds. The molecule has 0 aliphatic rings. The number of aromatic nitrogens is 7. The molecule has 2 N–H and O–H groups in total. The number of benzene rings is 1. The largest absolute Gasteiger partial charge is 0.353 e. The number of hydrogen-bond donors (Lipinski definition) is 2. The first-order valence-electron chi connectivity index (χ1n) is 9.50. The molecule has 7 heteroatoms. The molecule has 142 valence electrons. The van der Waals surface area contributed by atoms with Crippen molar-refractivity contribution >= 4 is 21.9 Å². The highest BCUT2D eigenvalue weighted by molar-refractivity contribution is 6.00. The van der Waals surface area contributed by atoms with Gasteiger partial charge in [0, 0.05) is 46.8 Å². The van der Waals surface area contributed by atoms with Crippen LogP contribution >= 0.6 is 0 Å². The zero-order valence-corrected chi connectivity index (χ0v) is 15.7. The Morgan fingerprint density at radius 2 is 1.67 bits per heavy atom. The monoisotopic (exact) mass is 389 g/mol. The summed E-state index contributed by atoms with van der Waals surface area (Å²) in [6.07, 6.45) is 8.67. The lowest BCUT2D eigenvalue weighted by Crippen LogP contribution is -1.87. The fourth-order valence-corrected chi connectivity index (χ4v) is 3.74. The minimum Gasteiger partial charge on any atom is -0.353 e. The summed E-state index contributed by atoms with van der Waals surface area (Å²) in [7, 11) is 0. The third kappa shape index (κ3) is 2.64. The maximum atomic E-state index is 4.83. The van der Waals surface area contributed by atoms with Gasteiger partial charge in [0.15, 0.2) is 0 Å². The Balaban J connectivity index is 1.52. The first-order valence-corrected chi connectivity index (χ1v) is 9.50. The number of nitrogens with one attached hydrogen (secondary N) is 2. The smallest absolute Gasteiger partial charge is 0.135 e. The van der Waals surface area contributed by atoms with Crippen LogP contribution in [0.3, 0.4) is 0 Å². The van der Waals surface area contributed by atoms with Crippen molar-refractivity contribution in [1.82, 2.24) is 35.1 Å². The fourth-order valence-electron chi connectivity index (χ4n) is 3.74. The van der Waals surface area contributed by atoms with Crippen LogP contribution in [0.4, 0.5) is 0 Å². The topological polar surface area (TPSA) is 96.0 Å². The number of H-pyrrole nitrogens is 2. The molecule has 30 heavy (non-hydrogen) atoms. The van der Waals surface area contributed by atoms with Crippen molar-refractivity contribution in [2.24, 2.45) is 0 Å². The third-order valence-electron chi connectivity index (χ3n) is 5.16. The van der Waals surface area contributed by atoms with E-state index in [1.165, 1.54) is 6.33 Å². The van der Waals surface area contributed by atoms with Crippen LogP contribution in [-0.4, -0.2) is 35.1 Å². The van der Waals surface area contributed by atoms with E-state index in [9.17, 15) is 0 Å². The van der Waals surface area contributed by atoms with E-state index >= 15 is 0 Å². The second-order valence-corrected chi connectivity index (χ2v) is 6.98. The van der Waals surface area contributed by atoms with E-state index in [-0.39, 0.29) is 0 Å². The first kappa shape index (κ1) is 16.6. The molecular formula is C23H15N7. The Morgan fingerprint density at radius 1 is 0.767 bits per heavy atom. The van der Waals surface area contributed by atoms with E-state index in [4.69, 9.17) is 4.98 Å². The molecule has 0 saturated heterocycles. The van der Waals surface area contributed by atoms with Crippen LogP contribution < -0.4 is 0 Å². The molecule has 6 aromatic rings. The summed E-state index contributed by atoms with van der Waals surface area (Å²) in [5.74, 6) is 0. The highest BCUT2D eigenvalue weighted by atomic mass is 15.1. The Labute approximate surface area is 170 Å². The van der Waals surface area contributed by atoms with Crippen molar-refractivity contribution in [2.75, 3.05) is 0 Å². The Hall–Kier alpha value is -4.39. The molecule has 0 spiro atoms. The SMILES string of the molecule is c1cncc(-c2cccc3[nH]c(-c4n[nH]c5ccc(-c6cncnc6)nc45)cc23)c1. The van der Waals surface area contributed by atoms with E-state index in [0.717, 1.165) is 55.7 Å². The Morgan fingerprint density at radius 3 is 2.53 bits per heavy atom. The lowest BCUT2D eigenvalue weighted by molar-refractivity contribution is 1.12. The van der Waals surface area contributed by atoms with E-state index < -0.39 is 0 Å². The summed E-state index contributed by atoms with van der Waals surface area (Å²) in [6, 6.07) is 16.3. The number of pyridine rings is 2. The van der Waals surface area contributed by atoms with Crippen LogP contribution in [0, 0.1) is 0 Å². The summed E-state index contributed by atoms with van der Waals surface area (Å²) >= 11 is 0. The fraction of sp³-hybridized carbons (Fsp3) is 0. The Kier molecular flexibility index (Phi) is 3.64. The van der Waals surface area contributed by atoms with Crippen molar-refractivity contribution in [2.45, 2.75) is 0 Å². The van der Waals surface area contributed by atoms with E-state index in [1.54, 1.807) is 18.6 Å². The predicted octanol–water partition coefficient (Wildman–Crippen LogP) is 4.63. The summed E-state index contributed by atoms with van der Waals surface area (Å²) < 4.78 is 0. The molecule has 5 aromatic heterocycles. The summed E-state index contributed by atoms with van der Waals surface area (Å²) in [4.78, 5) is 20.8. The first-order chi connectivity index (χ1) is 14.9. The molecule has 6 rings (SSSR count). The number of rotatable bonds is 3. The van der Waals surface area contributed by atoms with Gasteiger partial charge in [0.25, 0.3) is 0 Å². The van der Waals surface area contributed by atoms with Crippen molar-refractivity contribution < 1.29 is 0 Å². The molecule has 0 fully saturated rings. The highest BCUT2D eigenvalue weighted by Crippen LogP contribution is 2.33. The number of hydrogen-bond acceptors (Lipinski definition) is 5. The van der Waals surface area contributed by atoms with Gasteiger partial charge >= 0.3 is 0 Å². The summed E-state index contributed by atoms with van der Waals surface area (Å²) in [5.41, 5.74) is 8.25. The average molecular weight is 389 g/mol. The van der Waals surface area contributed by atoms with Gasteiger partial charge in [-0.1, -0.05) is 18.2 Å². The summed E-state index contributed by atoms with van der Waals surface area (Å²) in [5, 5.41) is 8.73. The molecule has 0 radical (unpaired) electrons. The predicted molar refractivity (Wildman–Crippen MR) is 115 cm³/mol. The van der Waals surface area contributed by atoms with E-state index in [2.05, 4.69) is 54.4 Å². The van der Waals surface area contributed by atoms with Gasteiger partial charge in [-0.2, -0.15) is 5.10 Å². The standard InChI is InChI=1S/C23H15N7/c1-4-16(14-3-2-8-24-10-14)17-9-21(27-19(17)5-1)23-22-20(29-30-23)7-6-18(28-22)15-11-25-13-26-12-15/h1-13,27H,(H,29,30). The molecule has 0 atom stereocenters. The van der Waals surface area contributed by atoms with Crippen molar-refractivity contribution in [1.29, 1.82) is 0 Å². The second kappa shape index (κ2) is 6.59. The molecule has 0 unspecified atom stereocenters. The van der Waals surface area contributed by atoms with Gasteiger partial charge in [-0.15, -0.1) is 0 Å². The maximum absolute atomic E-state index is 4.83. The van der Waals surface area contributed by atoms with E-state index in [0.29, 0.717) is 0 Å². The zero-order chi connectivity index (χ0) is 19.9. The Bertz CT molecular complexity index is 1480. The minimum atomic E-state index is 0.775. The lowest BCUT2D eigenvalue weighted by atomic mass is 10.0. The zero-order valence-electron chi connectivity index (χ0n) is 15.7. The molecule has 7 nitrogen and oxygen atoms in total. The molecule has 5 heterocycles. The van der Waals surface area contributed by atoms with Crippen molar-refractivity contribution in [3.8, 4) is 33.8 Å². The van der Waals surface area contributed by atoms with Gasteiger partial charge in [-0.3, -0.25) is 10.1 Å². The second-order valence-electron chi connectivity index (χ2n) is 6.98. The van der Waals surface area contributed by atoms with Crippen LogP contribution in [0.1, 0.15) is 0 Å². The summed E-state index contributed by atoms with van der Waals surface area (Å²) in [6.45, 7) is 0. The number of fused-ring (bicyclic) bond motifs is 2. The van der Waals surface area contributed by atoms with Crippen molar-refractivity contribution in [3.05, 3.63) is 79.6 Å². The average Bonchev–Trinajstić information content (AvgIpc) is 3.43. The van der Waals surface area contributed by atoms with Gasteiger partial charge in [0.2, 0.25) is 0 Å². The number of nitrogens with zero attached hydrogens (tertiary/aromatic N) is 5. The van der Waals surface area contributed by atoms with Crippen LogP contribution in [0.2, 0.25) is 0 Å². The lowest BCUT2D eigenvalue weighted by Gasteiger charge is -2.02. The molecule has 0 aliphatic heterocycles. The van der Waals surface area contributed by atoms with Gasteiger partial charge in [0.05, 0.1) is 16.9 Å². The molecular weight excluding hydrogens is 374 g/mol.